The smallest absolute Gasteiger partial charge is 0.312 e. The number of nitrogens with two attached hydrogens (primary N) is 1. The average Bonchev–Trinajstić information content (AvgIpc) is 1.82. The lowest BCUT2D eigenvalue weighted by Gasteiger charge is -2.10. The first-order valence-corrected chi connectivity index (χ1v) is 2.87. The zero-order valence-electron chi connectivity index (χ0n) is 5.42. The van der Waals surface area contributed by atoms with Gasteiger partial charge in [0.25, 0.3) is 0 Å². The molecule has 0 rings (SSSR count). The quantitative estimate of drug-likeness (QED) is 0.480. The van der Waals surface area contributed by atoms with E-state index in [1.807, 2.05) is 6.92 Å². The minimum atomic E-state index is -0.587. The topological polar surface area (TPSA) is 75.3 Å². The number of amides is 2. The molecule has 0 bridgehead atoms. The van der Waals surface area contributed by atoms with Crippen molar-refractivity contribution in [3.05, 3.63) is 0 Å². The summed E-state index contributed by atoms with van der Waals surface area (Å²) in [4.78, 5) is 10.1. The summed E-state index contributed by atoms with van der Waals surface area (Å²) in [6, 6.07) is -0.779. The fourth-order valence-corrected chi connectivity index (χ4v) is 0.478. The molecular formula is C5H12N2O2. The molecule has 0 spiro atoms. The van der Waals surface area contributed by atoms with Crippen molar-refractivity contribution in [2.24, 2.45) is 5.73 Å². The Hall–Kier alpha value is -0.770. The lowest BCUT2D eigenvalue weighted by Crippen LogP contribution is -2.40. The third kappa shape index (κ3) is 3.78. The highest BCUT2D eigenvalue weighted by molar-refractivity contribution is 5.71. The van der Waals surface area contributed by atoms with Crippen molar-refractivity contribution in [2.45, 2.75) is 19.4 Å². The van der Waals surface area contributed by atoms with Crippen LogP contribution in [0.2, 0.25) is 0 Å². The average molecular weight is 132 g/mol. The van der Waals surface area contributed by atoms with Crippen LogP contribution in [0.5, 0.6) is 0 Å². The van der Waals surface area contributed by atoms with E-state index in [1.54, 1.807) is 0 Å². The number of primary amides is 1. The van der Waals surface area contributed by atoms with Gasteiger partial charge >= 0.3 is 6.03 Å². The van der Waals surface area contributed by atoms with Crippen LogP contribution in [0.15, 0.2) is 0 Å². The maximum absolute atomic E-state index is 10.1. The van der Waals surface area contributed by atoms with E-state index in [9.17, 15) is 4.79 Å². The molecule has 0 saturated heterocycles. The third-order valence-corrected chi connectivity index (χ3v) is 1.06. The van der Waals surface area contributed by atoms with Crippen LogP contribution in [0.25, 0.3) is 0 Å². The highest BCUT2D eigenvalue weighted by atomic mass is 16.3. The van der Waals surface area contributed by atoms with Gasteiger partial charge in [-0.25, -0.2) is 4.79 Å². The molecule has 1 atom stereocenters. The Morgan fingerprint density at radius 1 is 1.89 bits per heavy atom. The second-order valence-corrected chi connectivity index (χ2v) is 1.80. The first kappa shape index (κ1) is 8.23. The van der Waals surface area contributed by atoms with Crippen LogP contribution in [-0.4, -0.2) is 23.8 Å². The minimum Gasteiger partial charge on any atom is -0.394 e. The van der Waals surface area contributed by atoms with Crippen molar-refractivity contribution in [1.29, 1.82) is 0 Å². The van der Waals surface area contributed by atoms with Gasteiger partial charge in [-0.1, -0.05) is 6.92 Å². The van der Waals surface area contributed by atoms with Crippen molar-refractivity contribution in [3.8, 4) is 0 Å². The highest BCUT2D eigenvalue weighted by Crippen LogP contribution is 1.86. The summed E-state index contributed by atoms with van der Waals surface area (Å²) in [5.74, 6) is 0. The molecule has 9 heavy (non-hydrogen) atoms. The molecule has 0 saturated carbocycles. The molecule has 0 radical (unpaired) electrons. The number of aliphatic hydroxyl groups is 1. The lowest BCUT2D eigenvalue weighted by molar-refractivity contribution is 0.220. The van der Waals surface area contributed by atoms with Gasteiger partial charge in [-0.15, -0.1) is 0 Å². The number of aliphatic hydroxyl groups excluding tert-OH is 1. The number of hydrogen-bond acceptors (Lipinski definition) is 2. The van der Waals surface area contributed by atoms with Crippen LogP contribution in [-0.2, 0) is 0 Å². The number of nitrogens with one attached hydrogen (secondary N) is 1. The van der Waals surface area contributed by atoms with Gasteiger partial charge in [0.2, 0.25) is 0 Å². The van der Waals surface area contributed by atoms with Crippen LogP contribution < -0.4 is 11.1 Å². The Labute approximate surface area is 54.0 Å². The van der Waals surface area contributed by atoms with Crippen LogP contribution in [0.3, 0.4) is 0 Å². The van der Waals surface area contributed by atoms with E-state index < -0.39 is 6.03 Å². The van der Waals surface area contributed by atoms with Gasteiger partial charge in [-0.2, -0.15) is 0 Å². The van der Waals surface area contributed by atoms with Crippen molar-refractivity contribution in [2.75, 3.05) is 6.61 Å². The van der Waals surface area contributed by atoms with Crippen LogP contribution in [0.4, 0.5) is 4.79 Å². The minimum absolute atomic E-state index is 0.0561. The summed E-state index contributed by atoms with van der Waals surface area (Å²) in [5, 5.41) is 10.9. The molecule has 0 heterocycles. The molecular weight excluding hydrogens is 120 g/mol. The summed E-state index contributed by atoms with van der Waals surface area (Å²) < 4.78 is 0. The first-order valence-electron chi connectivity index (χ1n) is 2.87. The molecule has 4 heteroatoms. The van der Waals surface area contributed by atoms with Crippen molar-refractivity contribution >= 4 is 6.03 Å². The summed E-state index contributed by atoms with van der Waals surface area (Å²) >= 11 is 0. The molecule has 1 unspecified atom stereocenters. The number of carbonyl (C=O) groups excluding carboxylic acids is 1. The van der Waals surface area contributed by atoms with E-state index in [0.717, 1.165) is 0 Å². The van der Waals surface area contributed by atoms with Gasteiger partial charge < -0.3 is 16.2 Å². The first-order chi connectivity index (χ1) is 4.20. The molecule has 0 aromatic rings. The summed E-state index contributed by atoms with van der Waals surface area (Å²) in [6.45, 7) is 1.80. The van der Waals surface area contributed by atoms with Gasteiger partial charge in [-0.3, -0.25) is 0 Å². The van der Waals surface area contributed by atoms with E-state index in [-0.39, 0.29) is 12.6 Å². The fraction of sp³-hybridized carbons (Fsp3) is 0.800. The third-order valence-electron chi connectivity index (χ3n) is 1.06. The Bertz CT molecular complexity index is 91.0. The molecule has 2 amide bonds. The molecule has 54 valence electrons. The summed E-state index contributed by atoms with van der Waals surface area (Å²) in [6.07, 6.45) is 0.694. The normalized spacial score (nSPS) is 12.7. The standard InChI is InChI=1S/C5H12N2O2/c1-2-4(3-8)7-5(6)9/h4,8H,2-3H2,1H3,(H3,6,7,9). The van der Waals surface area contributed by atoms with Crippen LogP contribution in [0.1, 0.15) is 13.3 Å². The molecule has 0 aliphatic carbocycles. The van der Waals surface area contributed by atoms with Crippen molar-refractivity contribution in [1.82, 2.24) is 5.32 Å². The van der Waals surface area contributed by atoms with Gasteiger partial charge in [0.05, 0.1) is 12.6 Å². The predicted octanol–water partition coefficient (Wildman–Crippen LogP) is -0.574. The van der Waals surface area contributed by atoms with Crippen LogP contribution >= 0.6 is 0 Å². The van der Waals surface area contributed by atoms with E-state index in [2.05, 4.69) is 5.32 Å². The molecule has 4 N–H and O–H groups in total. The number of rotatable bonds is 3. The van der Waals surface area contributed by atoms with E-state index in [4.69, 9.17) is 10.8 Å². The fourth-order valence-electron chi connectivity index (χ4n) is 0.478. The Morgan fingerprint density at radius 3 is 2.56 bits per heavy atom. The maximum Gasteiger partial charge on any atom is 0.312 e. The number of carbonyl (C=O) groups is 1. The van der Waals surface area contributed by atoms with E-state index in [1.165, 1.54) is 0 Å². The monoisotopic (exact) mass is 132 g/mol. The highest BCUT2D eigenvalue weighted by Gasteiger charge is 2.03. The second-order valence-electron chi connectivity index (χ2n) is 1.80. The second kappa shape index (κ2) is 4.14. The van der Waals surface area contributed by atoms with E-state index in [0.29, 0.717) is 6.42 Å². The van der Waals surface area contributed by atoms with Gasteiger partial charge in [0.15, 0.2) is 0 Å². The zero-order valence-corrected chi connectivity index (χ0v) is 5.42. The van der Waals surface area contributed by atoms with Crippen molar-refractivity contribution in [3.63, 3.8) is 0 Å². The van der Waals surface area contributed by atoms with E-state index >= 15 is 0 Å². The number of urea groups is 1. The Morgan fingerprint density at radius 2 is 2.44 bits per heavy atom. The molecule has 0 aromatic carbocycles. The molecule has 0 aliphatic heterocycles. The predicted molar refractivity (Wildman–Crippen MR) is 33.9 cm³/mol. The Balaban J connectivity index is 3.43. The van der Waals surface area contributed by atoms with Crippen LogP contribution in [0, 0.1) is 0 Å². The lowest BCUT2D eigenvalue weighted by atomic mass is 10.2. The van der Waals surface area contributed by atoms with Gasteiger partial charge in [0.1, 0.15) is 0 Å². The zero-order chi connectivity index (χ0) is 7.28. The summed E-state index contributed by atoms with van der Waals surface area (Å²) in [7, 11) is 0. The molecule has 0 fully saturated rings. The molecule has 4 nitrogen and oxygen atoms in total. The van der Waals surface area contributed by atoms with Crippen molar-refractivity contribution < 1.29 is 9.90 Å². The SMILES string of the molecule is CCC(CO)NC(N)=O. The largest absolute Gasteiger partial charge is 0.394 e. The Kier molecular flexibility index (Phi) is 3.79. The maximum atomic E-state index is 10.1. The molecule has 0 aromatic heterocycles. The molecule has 0 aliphatic rings. The van der Waals surface area contributed by atoms with Gasteiger partial charge in [-0.05, 0) is 6.42 Å². The summed E-state index contributed by atoms with van der Waals surface area (Å²) in [5.41, 5.74) is 4.78. The number of hydrogen-bond donors (Lipinski definition) is 3. The van der Waals surface area contributed by atoms with Gasteiger partial charge in [0, 0.05) is 0 Å².